The zero-order chi connectivity index (χ0) is 30.9. The molecule has 0 saturated heterocycles. The van der Waals surface area contributed by atoms with Crippen LogP contribution in [0.15, 0.2) is 164 Å². The Morgan fingerprint density at radius 3 is 1.87 bits per heavy atom. The predicted molar refractivity (Wildman–Crippen MR) is 203 cm³/mol. The molecular weight excluding hydrogens is 587 g/mol. The lowest BCUT2D eigenvalue weighted by atomic mass is 9.92. The van der Waals surface area contributed by atoms with Crippen LogP contribution in [-0.2, 0) is 0 Å². The van der Waals surface area contributed by atoms with E-state index in [-0.39, 0.29) is 0 Å². The van der Waals surface area contributed by atoms with E-state index < -0.39 is 0 Å². The maximum Gasteiger partial charge on any atom is 0.0788 e. The van der Waals surface area contributed by atoms with Gasteiger partial charge in [-0.05, 0) is 68.1 Å². The van der Waals surface area contributed by atoms with Gasteiger partial charge in [-0.15, -0.1) is 11.3 Å². The Bertz CT molecular complexity index is 2830. The van der Waals surface area contributed by atoms with Crippen molar-refractivity contribution in [1.29, 1.82) is 0 Å². The molecule has 47 heavy (non-hydrogen) atoms. The zero-order valence-electron chi connectivity index (χ0n) is 25.4. The van der Waals surface area contributed by atoms with Crippen molar-refractivity contribution in [3.8, 4) is 33.5 Å². The fourth-order valence-corrected chi connectivity index (χ4v) is 8.55. The van der Waals surface area contributed by atoms with Crippen molar-refractivity contribution >= 4 is 74.7 Å². The maximum absolute atomic E-state index is 5.36. The first kappa shape index (κ1) is 26.4. The second-order valence-corrected chi connectivity index (χ2v) is 13.4. The van der Waals surface area contributed by atoms with Gasteiger partial charge in [0, 0.05) is 41.9 Å². The number of fused-ring (bicyclic) bond motifs is 10. The number of nitrogens with zero attached hydrogens (tertiary/aromatic N) is 1. The predicted octanol–water partition coefficient (Wildman–Crippen LogP) is 13.1. The molecule has 0 aliphatic heterocycles. The third-order valence-corrected chi connectivity index (χ3v) is 10.8. The average Bonchev–Trinajstić information content (AvgIpc) is 3.53. The molecule has 0 saturated carbocycles. The first-order chi connectivity index (χ1) is 23.3. The molecule has 0 fully saturated rings. The van der Waals surface area contributed by atoms with E-state index in [1.54, 1.807) is 0 Å². The molecule has 0 unspecified atom stereocenters. The van der Waals surface area contributed by atoms with Crippen LogP contribution in [0.5, 0.6) is 0 Å². The minimum absolute atomic E-state index is 1.02. The summed E-state index contributed by atoms with van der Waals surface area (Å²) in [6.07, 6.45) is 0. The summed E-state index contributed by atoms with van der Waals surface area (Å²) in [5, 5.41) is 11.4. The molecule has 0 spiro atoms. The molecule has 0 bridgehead atoms. The molecule has 218 valence electrons. The Kier molecular flexibility index (Phi) is 5.81. The van der Waals surface area contributed by atoms with Gasteiger partial charge in [0.15, 0.2) is 0 Å². The molecule has 0 amide bonds. The zero-order valence-corrected chi connectivity index (χ0v) is 26.3. The molecule has 0 N–H and O–H groups in total. The SMILES string of the molecule is c1ccc(-c2nc3cc(-c4ccc(-c5cc6ccccc6c6ccccc56)cc4)ccc3c3c2ccc2sc4ccccc4c23)cc1. The van der Waals surface area contributed by atoms with E-state index in [0.717, 1.165) is 16.8 Å². The van der Waals surface area contributed by atoms with Crippen molar-refractivity contribution in [1.82, 2.24) is 4.98 Å². The van der Waals surface area contributed by atoms with Gasteiger partial charge >= 0.3 is 0 Å². The van der Waals surface area contributed by atoms with Gasteiger partial charge in [-0.3, -0.25) is 0 Å². The van der Waals surface area contributed by atoms with E-state index in [0.29, 0.717) is 0 Å². The van der Waals surface area contributed by atoms with Crippen LogP contribution in [-0.4, -0.2) is 4.98 Å². The van der Waals surface area contributed by atoms with Crippen LogP contribution >= 0.6 is 11.3 Å². The van der Waals surface area contributed by atoms with E-state index in [2.05, 4.69) is 164 Å². The van der Waals surface area contributed by atoms with Gasteiger partial charge in [0.1, 0.15) is 0 Å². The molecule has 1 nitrogen and oxygen atoms in total. The summed E-state index contributed by atoms with van der Waals surface area (Å²) in [4.78, 5) is 5.36. The highest BCUT2D eigenvalue weighted by Gasteiger charge is 2.17. The highest BCUT2D eigenvalue weighted by Crippen LogP contribution is 2.44. The summed E-state index contributed by atoms with van der Waals surface area (Å²) in [7, 11) is 0. The number of rotatable bonds is 3. The Labute approximate surface area is 276 Å². The van der Waals surface area contributed by atoms with Crippen LogP contribution in [0.1, 0.15) is 0 Å². The number of hydrogen-bond acceptors (Lipinski definition) is 2. The van der Waals surface area contributed by atoms with Crippen LogP contribution in [0.3, 0.4) is 0 Å². The number of thiophene rings is 1. The van der Waals surface area contributed by atoms with Gasteiger partial charge in [-0.2, -0.15) is 0 Å². The minimum atomic E-state index is 1.02. The van der Waals surface area contributed by atoms with E-state index in [9.17, 15) is 0 Å². The fourth-order valence-electron chi connectivity index (χ4n) is 7.44. The van der Waals surface area contributed by atoms with Gasteiger partial charge in [0.25, 0.3) is 0 Å². The Balaban J connectivity index is 1.17. The summed E-state index contributed by atoms with van der Waals surface area (Å²) in [5.41, 5.74) is 8.01. The highest BCUT2D eigenvalue weighted by atomic mass is 32.1. The van der Waals surface area contributed by atoms with Crippen LogP contribution in [0, 0.1) is 0 Å². The van der Waals surface area contributed by atoms with Crippen molar-refractivity contribution in [3.63, 3.8) is 0 Å². The molecule has 10 rings (SSSR count). The lowest BCUT2D eigenvalue weighted by Crippen LogP contribution is -1.91. The lowest BCUT2D eigenvalue weighted by molar-refractivity contribution is 1.43. The van der Waals surface area contributed by atoms with E-state index in [1.807, 2.05) is 11.3 Å². The molecule has 0 radical (unpaired) electrons. The summed E-state index contributed by atoms with van der Waals surface area (Å²) in [6.45, 7) is 0. The smallest absolute Gasteiger partial charge is 0.0788 e. The van der Waals surface area contributed by atoms with E-state index in [1.165, 1.54) is 80.1 Å². The molecule has 10 aromatic rings. The Morgan fingerprint density at radius 1 is 0.362 bits per heavy atom. The van der Waals surface area contributed by atoms with Crippen molar-refractivity contribution in [2.75, 3.05) is 0 Å². The first-order valence-corrected chi connectivity index (χ1v) is 16.9. The molecule has 0 aliphatic carbocycles. The number of hydrogen-bond donors (Lipinski definition) is 0. The number of benzene rings is 8. The topological polar surface area (TPSA) is 12.9 Å². The largest absolute Gasteiger partial charge is 0.247 e. The van der Waals surface area contributed by atoms with E-state index in [4.69, 9.17) is 4.98 Å². The van der Waals surface area contributed by atoms with Crippen LogP contribution in [0.25, 0.3) is 96.9 Å². The quantitative estimate of drug-likeness (QED) is 0.181. The summed E-state index contributed by atoms with van der Waals surface area (Å²) in [6, 6.07) is 59.5. The first-order valence-electron chi connectivity index (χ1n) is 16.0. The third-order valence-electron chi connectivity index (χ3n) is 9.64. The van der Waals surface area contributed by atoms with Crippen LogP contribution in [0.4, 0.5) is 0 Å². The van der Waals surface area contributed by atoms with Gasteiger partial charge in [-0.25, -0.2) is 4.98 Å². The standard InChI is InChI=1S/C45H27NS/c1-2-10-30(11-3-1)45-38-24-25-42-44(37-16-8-9-17-41(37)47-42)43(38)36-23-22-31(27-40(36)46-45)28-18-20-29(21-19-28)39-26-32-12-4-5-13-33(32)34-14-6-7-15-35(34)39/h1-27H. The third kappa shape index (κ3) is 4.12. The molecular formula is C45H27NS. The summed E-state index contributed by atoms with van der Waals surface area (Å²) in [5.74, 6) is 0. The molecule has 0 aliphatic rings. The fraction of sp³-hybridized carbons (Fsp3) is 0. The minimum Gasteiger partial charge on any atom is -0.247 e. The van der Waals surface area contributed by atoms with Crippen molar-refractivity contribution in [2.45, 2.75) is 0 Å². The average molecular weight is 614 g/mol. The van der Waals surface area contributed by atoms with Crippen molar-refractivity contribution < 1.29 is 0 Å². The number of pyridine rings is 1. The van der Waals surface area contributed by atoms with Gasteiger partial charge in [0.2, 0.25) is 0 Å². The van der Waals surface area contributed by atoms with E-state index >= 15 is 0 Å². The normalized spacial score (nSPS) is 11.8. The monoisotopic (exact) mass is 613 g/mol. The van der Waals surface area contributed by atoms with Crippen molar-refractivity contribution in [2.24, 2.45) is 0 Å². The molecule has 0 atom stereocenters. The highest BCUT2D eigenvalue weighted by molar-refractivity contribution is 7.26. The van der Waals surface area contributed by atoms with Crippen LogP contribution < -0.4 is 0 Å². The molecule has 2 heteroatoms. The summed E-state index contributed by atoms with van der Waals surface area (Å²) >= 11 is 1.87. The molecule has 8 aromatic carbocycles. The second kappa shape index (κ2) is 10.3. The molecule has 2 heterocycles. The second-order valence-electron chi connectivity index (χ2n) is 12.3. The Hall–Kier alpha value is -5.83. The maximum atomic E-state index is 5.36. The number of aromatic nitrogens is 1. The van der Waals surface area contributed by atoms with Crippen molar-refractivity contribution in [3.05, 3.63) is 164 Å². The van der Waals surface area contributed by atoms with Crippen LogP contribution in [0.2, 0.25) is 0 Å². The lowest BCUT2D eigenvalue weighted by Gasteiger charge is -2.14. The van der Waals surface area contributed by atoms with Gasteiger partial charge in [0.05, 0.1) is 11.2 Å². The molecule has 2 aromatic heterocycles. The summed E-state index contributed by atoms with van der Waals surface area (Å²) < 4.78 is 2.63. The van der Waals surface area contributed by atoms with Gasteiger partial charge < -0.3 is 0 Å². The van der Waals surface area contributed by atoms with Gasteiger partial charge in [-0.1, -0.05) is 140 Å². The Morgan fingerprint density at radius 2 is 1.02 bits per heavy atom.